The fraction of sp³-hybridized carbons (Fsp3) is 0.0889. The largest absolute Gasteiger partial charge is 0.236 e. The van der Waals surface area contributed by atoms with Crippen LogP contribution in [0.5, 0.6) is 0 Å². The Morgan fingerprint density at radius 3 is 1.87 bits per heavy atom. The highest BCUT2D eigenvalue weighted by Gasteiger charge is 2.46. The number of rotatable bonds is 5. The quantitative estimate of drug-likeness (QED) is 0.192. The number of benzene rings is 6. The molecule has 0 N–H and O–H groups in total. The van der Waals surface area contributed by atoms with E-state index in [1.54, 1.807) is 0 Å². The van der Waals surface area contributed by atoms with Crippen LogP contribution in [0.1, 0.15) is 46.7 Å². The lowest BCUT2D eigenvalue weighted by molar-refractivity contribution is 0.769. The minimum Gasteiger partial charge on any atom is -0.236 e. The standard InChI is InChI=1S/C45H32N2/c1-4-14-31(15-5-1)43-42(44-36-21-11-10-16-32(36)29-41(30-24-25-30)47(44)46-43)33-26-27-38-37-22-12-13-23-39(37)45(40(38)28-33,34-17-6-2-7-18-34)35-19-8-3-9-20-35/h1-23,26-30H,24-25H2. The van der Waals surface area contributed by atoms with E-state index in [9.17, 15) is 0 Å². The number of fused-ring (bicyclic) bond motifs is 6. The molecular weight excluding hydrogens is 569 g/mol. The van der Waals surface area contributed by atoms with Gasteiger partial charge in [-0.15, -0.1) is 0 Å². The molecular formula is C45H32N2. The monoisotopic (exact) mass is 600 g/mol. The Morgan fingerprint density at radius 2 is 1.15 bits per heavy atom. The van der Waals surface area contributed by atoms with Crippen LogP contribution < -0.4 is 0 Å². The van der Waals surface area contributed by atoms with Crippen LogP contribution in [0.3, 0.4) is 0 Å². The van der Waals surface area contributed by atoms with E-state index in [0.29, 0.717) is 5.92 Å². The molecule has 222 valence electrons. The summed E-state index contributed by atoms with van der Waals surface area (Å²) in [5, 5.41) is 7.99. The van der Waals surface area contributed by atoms with Gasteiger partial charge in [0.1, 0.15) is 5.69 Å². The van der Waals surface area contributed by atoms with E-state index in [2.05, 4.69) is 168 Å². The average molecular weight is 601 g/mol. The van der Waals surface area contributed by atoms with Crippen LogP contribution in [0.2, 0.25) is 0 Å². The van der Waals surface area contributed by atoms with Gasteiger partial charge in [-0.25, -0.2) is 4.52 Å². The predicted octanol–water partition coefficient (Wildman–Crippen LogP) is 11.1. The highest BCUT2D eigenvalue weighted by Crippen LogP contribution is 2.57. The van der Waals surface area contributed by atoms with Crippen LogP contribution in [-0.2, 0) is 5.41 Å². The maximum Gasteiger partial charge on any atom is 0.101 e. The summed E-state index contributed by atoms with van der Waals surface area (Å²) in [6.07, 6.45) is 2.44. The summed E-state index contributed by atoms with van der Waals surface area (Å²) >= 11 is 0. The van der Waals surface area contributed by atoms with E-state index in [0.717, 1.165) is 11.3 Å². The second kappa shape index (κ2) is 10.1. The second-order valence-corrected chi connectivity index (χ2v) is 13.1. The molecule has 1 fully saturated rings. The van der Waals surface area contributed by atoms with Crippen LogP contribution >= 0.6 is 0 Å². The molecule has 2 aliphatic rings. The highest BCUT2D eigenvalue weighted by molar-refractivity contribution is 6.08. The van der Waals surface area contributed by atoms with Gasteiger partial charge in [0.15, 0.2) is 0 Å². The van der Waals surface area contributed by atoms with Crippen LogP contribution in [0, 0.1) is 0 Å². The molecule has 2 heterocycles. The van der Waals surface area contributed by atoms with Crippen LogP contribution in [0.15, 0.2) is 164 Å². The summed E-state index contributed by atoms with van der Waals surface area (Å²) in [7, 11) is 0. The zero-order valence-electron chi connectivity index (χ0n) is 26.0. The lowest BCUT2D eigenvalue weighted by atomic mass is 9.67. The topological polar surface area (TPSA) is 17.3 Å². The smallest absolute Gasteiger partial charge is 0.101 e. The Kier molecular flexibility index (Phi) is 5.71. The summed E-state index contributed by atoms with van der Waals surface area (Å²) < 4.78 is 2.28. The van der Waals surface area contributed by atoms with Gasteiger partial charge >= 0.3 is 0 Å². The van der Waals surface area contributed by atoms with Gasteiger partial charge in [0.2, 0.25) is 0 Å². The third-order valence-corrected chi connectivity index (χ3v) is 10.4. The third-order valence-electron chi connectivity index (χ3n) is 10.4. The molecule has 0 atom stereocenters. The van der Waals surface area contributed by atoms with Gasteiger partial charge in [-0.1, -0.05) is 152 Å². The van der Waals surface area contributed by atoms with Gasteiger partial charge in [0.25, 0.3) is 0 Å². The normalized spacial score (nSPS) is 14.7. The first kappa shape index (κ1) is 26.5. The first-order valence-electron chi connectivity index (χ1n) is 16.7. The van der Waals surface area contributed by atoms with Gasteiger partial charge in [0.05, 0.1) is 10.9 Å². The molecule has 2 nitrogen and oxygen atoms in total. The Morgan fingerprint density at radius 1 is 0.532 bits per heavy atom. The van der Waals surface area contributed by atoms with Crippen molar-refractivity contribution in [3.05, 3.63) is 192 Å². The van der Waals surface area contributed by atoms with Crippen molar-refractivity contribution in [3.63, 3.8) is 0 Å². The van der Waals surface area contributed by atoms with E-state index < -0.39 is 5.41 Å². The minimum atomic E-state index is -0.457. The second-order valence-electron chi connectivity index (χ2n) is 13.1. The third kappa shape index (κ3) is 3.82. The molecule has 0 saturated heterocycles. The molecule has 10 rings (SSSR count). The molecule has 2 aliphatic carbocycles. The first-order valence-corrected chi connectivity index (χ1v) is 16.7. The molecule has 0 aliphatic heterocycles. The minimum absolute atomic E-state index is 0.457. The summed E-state index contributed by atoms with van der Waals surface area (Å²) in [6, 6.07) is 60.3. The molecule has 47 heavy (non-hydrogen) atoms. The van der Waals surface area contributed by atoms with Crippen molar-refractivity contribution in [1.29, 1.82) is 0 Å². The van der Waals surface area contributed by atoms with Gasteiger partial charge in [0, 0.05) is 28.1 Å². The Hall–Kier alpha value is -5.73. The maximum atomic E-state index is 5.47. The molecule has 0 unspecified atom stereocenters. The molecule has 1 saturated carbocycles. The summed E-state index contributed by atoms with van der Waals surface area (Å²) in [6.45, 7) is 0. The molecule has 2 heteroatoms. The van der Waals surface area contributed by atoms with Gasteiger partial charge in [-0.2, -0.15) is 5.10 Å². The van der Waals surface area contributed by atoms with E-state index in [1.165, 1.54) is 79.3 Å². The fourth-order valence-electron chi connectivity index (χ4n) is 8.25. The van der Waals surface area contributed by atoms with Gasteiger partial charge in [-0.3, -0.25) is 0 Å². The van der Waals surface area contributed by atoms with Crippen LogP contribution in [0.25, 0.3) is 49.8 Å². The van der Waals surface area contributed by atoms with Gasteiger partial charge < -0.3 is 0 Å². The first-order chi connectivity index (χ1) is 23.3. The number of hydrogen-bond donors (Lipinski definition) is 0. The number of hydrogen-bond acceptors (Lipinski definition) is 1. The van der Waals surface area contributed by atoms with Crippen molar-refractivity contribution in [1.82, 2.24) is 9.61 Å². The van der Waals surface area contributed by atoms with Crippen molar-refractivity contribution in [2.75, 3.05) is 0 Å². The average Bonchev–Trinajstić information content (AvgIpc) is 3.85. The fourth-order valence-corrected chi connectivity index (χ4v) is 8.25. The lowest BCUT2D eigenvalue weighted by Crippen LogP contribution is -2.28. The molecule has 8 aromatic rings. The number of pyridine rings is 1. The van der Waals surface area contributed by atoms with Crippen LogP contribution in [-0.4, -0.2) is 9.61 Å². The molecule has 0 bridgehead atoms. The zero-order chi connectivity index (χ0) is 31.0. The van der Waals surface area contributed by atoms with E-state index >= 15 is 0 Å². The Labute approximate surface area is 274 Å². The van der Waals surface area contributed by atoms with E-state index in [4.69, 9.17) is 5.10 Å². The molecule has 2 aromatic heterocycles. The zero-order valence-corrected chi connectivity index (χ0v) is 26.0. The van der Waals surface area contributed by atoms with E-state index in [1.807, 2.05) is 0 Å². The Balaban J connectivity index is 1.34. The van der Waals surface area contributed by atoms with E-state index in [-0.39, 0.29) is 0 Å². The number of aromatic nitrogens is 2. The van der Waals surface area contributed by atoms with Crippen molar-refractivity contribution in [2.24, 2.45) is 0 Å². The summed E-state index contributed by atoms with van der Waals surface area (Å²) in [4.78, 5) is 0. The molecule has 0 spiro atoms. The molecule has 0 amide bonds. The SMILES string of the molecule is c1ccc(-c2nn3c(C4CC4)cc4ccccc4c3c2-c2ccc3c(c2)C(c2ccccc2)(c2ccccc2)c2ccccc2-3)cc1. The van der Waals surface area contributed by atoms with Crippen molar-refractivity contribution in [2.45, 2.75) is 24.2 Å². The Bertz CT molecular complexity index is 2410. The van der Waals surface area contributed by atoms with Crippen molar-refractivity contribution < 1.29 is 0 Å². The predicted molar refractivity (Wildman–Crippen MR) is 193 cm³/mol. The summed E-state index contributed by atoms with van der Waals surface area (Å²) in [5.74, 6) is 0.553. The number of nitrogens with zero attached hydrogens (tertiary/aromatic N) is 2. The lowest BCUT2D eigenvalue weighted by Gasteiger charge is -2.34. The molecule has 6 aromatic carbocycles. The van der Waals surface area contributed by atoms with Crippen LogP contribution in [0.4, 0.5) is 0 Å². The van der Waals surface area contributed by atoms with Crippen molar-refractivity contribution in [3.8, 4) is 33.5 Å². The highest BCUT2D eigenvalue weighted by atomic mass is 15.2. The summed E-state index contributed by atoms with van der Waals surface area (Å²) in [5.41, 5.74) is 14.4. The maximum absolute atomic E-state index is 5.47. The molecule has 0 radical (unpaired) electrons. The van der Waals surface area contributed by atoms with Gasteiger partial charge in [-0.05, 0) is 69.3 Å². The van der Waals surface area contributed by atoms with Crippen molar-refractivity contribution >= 4 is 16.3 Å².